The second-order valence-corrected chi connectivity index (χ2v) is 17.7. The Labute approximate surface area is 257 Å². The van der Waals surface area contributed by atoms with E-state index in [-0.39, 0.29) is 5.04 Å². The van der Waals surface area contributed by atoms with Crippen LogP contribution in [0.4, 0.5) is 5.82 Å². The first-order chi connectivity index (χ1) is 20.6. The third kappa shape index (κ3) is 5.35. The van der Waals surface area contributed by atoms with Gasteiger partial charge in [-0.15, -0.1) is 0 Å². The average Bonchev–Trinajstić information content (AvgIpc) is 2.98. The number of benzene rings is 2. The summed E-state index contributed by atoms with van der Waals surface area (Å²) in [5, 5.41) is 17.1. The van der Waals surface area contributed by atoms with Crippen molar-refractivity contribution >= 4 is 24.5 Å². The number of likely N-dealkylation sites (N-methyl/N-ethyl adjacent to an activating group) is 1. The number of pyridine rings is 1. The minimum absolute atomic E-state index is 0.141. The number of β-amino-alcohol motifs (C(OH)–C–C–N with tert-alkyl or cyclic N) is 1. The molecular weight excluding hydrogens is 556 g/mol. The molecule has 2 fully saturated rings. The molecule has 4 aliphatic rings. The minimum atomic E-state index is -2.83. The van der Waals surface area contributed by atoms with Gasteiger partial charge in [0.2, 0.25) is 6.29 Å². The van der Waals surface area contributed by atoms with E-state index >= 15 is 0 Å². The van der Waals surface area contributed by atoms with E-state index in [1.165, 1.54) is 10.4 Å². The van der Waals surface area contributed by atoms with Crippen LogP contribution in [0.15, 0.2) is 66.7 Å². The molecule has 43 heavy (non-hydrogen) atoms. The van der Waals surface area contributed by atoms with Gasteiger partial charge >= 0.3 is 0 Å². The van der Waals surface area contributed by atoms with Crippen molar-refractivity contribution in [1.29, 1.82) is 0 Å². The predicted molar refractivity (Wildman–Crippen MR) is 172 cm³/mol. The van der Waals surface area contributed by atoms with Crippen molar-refractivity contribution in [2.75, 3.05) is 46.2 Å². The third-order valence-electron chi connectivity index (χ3n) is 9.57. The van der Waals surface area contributed by atoms with Crippen LogP contribution in [0.5, 0.6) is 0 Å². The molecule has 230 valence electrons. The molecular formula is C34H46N4O4Si. The lowest BCUT2D eigenvalue weighted by Gasteiger charge is -2.58. The van der Waals surface area contributed by atoms with E-state index in [0.29, 0.717) is 19.1 Å². The molecule has 1 aromatic heterocycles. The van der Waals surface area contributed by atoms with Gasteiger partial charge in [0, 0.05) is 64.8 Å². The van der Waals surface area contributed by atoms with Crippen molar-refractivity contribution < 1.29 is 19.0 Å². The molecule has 1 saturated carbocycles. The molecule has 0 spiro atoms. The number of ether oxygens (including phenoxy) is 2. The zero-order valence-electron chi connectivity index (χ0n) is 26.3. The van der Waals surface area contributed by atoms with Gasteiger partial charge in [-0.1, -0.05) is 81.4 Å². The topological polar surface area (TPSA) is 79.3 Å². The third-order valence-corrected chi connectivity index (χ3v) is 14.7. The molecule has 2 N–H and O–H groups in total. The Bertz CT molecular complexity index is 1370. The number of aromatic nitrogens is 1. The molecule has 1 aliphatic carbocycles. The van der Waals surface area contributed by atoms with E-state index in [4.69, 9.17) is 18.9 Å². The van der Waals surface area contributed by atoms with Gasteiger partial charge in [0.05, 0.1) is 5.60 Å². The zero-order chi connectivity index (χ0) is 30.4. The van der Waals surface area contributed by atoms with E-state index in [2.05, 4.69) is 103 Å². The highest BCUT2D eigenvalue weighted by molar-refractivity contribution is 6.99. The van der Waals surface area contributed by atoms with Crippen molar-refractivity contribution in [3.63, 3.8) is 0 Å². The van der Waals surface area contributed by atoms with Crippen molar-refractivity contribution in [2.24, 2.45) is 0 Å². The lowest BCUT2D eigenvalue weighted by Crippen LogP contribution is -2.72. The summed E-state index contributed by atoms with van der Waals surface area (Å²) in [6, 6.07) is 24.3. The summed E-state index contributed by atoms with van der Waals surface area (Å²) in [4.78, 5) is 9.45. The molecule has 7 rings (SSSR count). The number of hydrogen-bond acceptors (Lipinski definition) is 8. The van der Waals surface area contributed by atoms with E-state index in [9.17, 15) is 5.11 Å². The molecule has 9 heteroatoms. The van der Waals surface area contributed by atoms with Crippen LogP contribution in [0, 0.1) is 0 Å². The Morgan fingerprint density at radius 3 is 2.14 bits per heavy atom. The van der Waals surface area contributed by atoms with Gasteiger partial charge in [-0.25, -0.2) is 4.98 Å². The largest absolute Gasteiger partial charge is 0.398 e. The summed E-state index contributed by atoms with van der Waals surface area (Å²) in [6.45, 7) is 9.81. The van der Waals surface area contributed by atoms with Gasteiger partial charge in [0.1, 0.15) is 17.7 Å². The molecule has 2 bridgehead atoms. The maximum absolute atomic E-state index is 11.0. The Kier molecular flexibility index (Phi) is 8.27. The van der Waals surface area contributed by atoms with E-state index in [1.807, 2.05) is 7.05 Å². The van der Waals surface area contributed by atoms with Gasteiger partial charge in [0.15, 0.2) is 0 Å². The maximum atomic E-state index is 11.0. The molecule has 1 atom stereocenters. The van der Waals surface area contributed by atoms with Gasteiger partial charge in [-0.2, -0.15) is 0 Å². The quantitative estimate of drug-likeness (QED) is 0.283. The van der Waals surface area contributed by atoms with E-state index < -0.39 is 26.4 Å². The van der Waals surface area contributed by atoms with Gasteiger partial charge < -0.3 is 29.2 Å². The fourth-order valence-electron chi connectivity index (χ4n) is 7.35. The van der Waals surface area contributed by atoms with Crippen LogP contribution in [0.3, 0.4) is 0 Å². The number of rotatable bonds is 9. The summed E-state index contributed by atoms with van der Waals surface area (Å²) >= 11 is 0. The summed E-state index contributed by atoms with van der Waals surface area (Å²) in [5.74, 6) is 0.845. The fraction of sp³-hybridized carbons (Fsp3) is 0.500. The van der Waals surface area contributed by atoms with Crippen LogP contribution in [0.25, 0.3) is 0 Å². The molecule has 8 nitrogen and oxygen atoms in total. The first kappa shape index (κ1) is 30.4. The van der Waals surface area contributed by atoms with Crippen LogP contribution >= 0.6 is 0 Å². The molecule has 4 heterocycles. The lowest BCUT2D eigenvalue weighted by molar-refractivity contribution is -0.110. The van der Waals surface area contributed by atoms with E-state index in [0.717, 1.165) is 48.6 Å². The average molecular weight is 603 g/mol. The van der Waals surface area contributed by atoms with Crippen LogP contribution in [-0.2, 0) is 26.0 Å². The molecule has 2 aromatic carbocycles. The predicted octanol–water partition coefficient (Wildman–Crippen LogP) is 3.80. The number of hydrogen-bond donors (Lipinski definition) is 2. The Morgan fingerprint density at radius 2 is 1.60 bits per heavy atom. The molecule has 1 unspecified atom stereocenters. The van der Waals surface area contributed by atoms with Crippen LogP contribution in [0.2, 0.25) is 5.04 Å². The highest BCUT2D eigenvalue weighted by Crippen LogP contribution is 2.56. The van der Waals surface area contributed by atoms with Crippen LogP contribution in [0.1, 0.15) is 56.7 Å². The maximum Gasteiger partial charge on any atom is 0.262 e. The second-order valence-electron chi connectivity index (χ2n) is 13.5. The standard InChI is InChI=1S/C34H46N4O4Si/c1-33(2,3)43(26-13-9-7-10-14-26,27-15-11-8-12-16-27)42-34-20-25(21-34)35-31-28(34)19-24(30(36-31)32(40-5)41-6)22-38-18-17-37(4)23-29(38)39/h7-16,19,25,29,32,39H,17-18,20-23H2,1-6H3,(H,35,36). The number of nitrogens with one attached hydrogen (secondary N) is 1. The lowest BCUT2D eigenvalue weighted by atomic mass is 9.68. The van der Waals surface area contributed by atoms with Crippen molar-refractivity contribution in [3.05, 3.63) is 83.6 Å². The molecule has 1 saturated heterocycles. The molecule has 3 aliphatic heterocycles. The Morgan fingerprint density at radius 1 is 1.00 bits per heavy atom. The van der Waals surface area contributed by atoms with Gasteiger partial charge in [-0.3, -0.25) is 4.90 Å². The highest BCUT2D eigenvalue weighted by atomic mass is 28.4. The first-order valence-electron chi connectivity index (χ1n) is 15.4. The summed E-state index contributed by atoms with van der Waals surface area (Å²) in [6.07, 6.45) is 0.610. The number of piperazine rings is 1. The van der Waals surface area contributed by atoms with Gasteiger partial charge in [0.25, 0.3) is 8.32 Å². The van der Waals surface area contributed by atoms with Crippen molar-refractivity contribution in [3.8, 4) is 0 Å². The number of anilines is 1. The fourth-order valence-corrected chi connectivity index (χ4v) is 12.1. The number of nitrogens with zero attached hydrogens (tertiary/aromatic N) is 3. The minimum Gasteiger partial charge on any atom is -0.398 e. The summed E-state index contributed by atoms with van der Waals surface area (Å²) < 4.78 is 19.3. The first-order valence-corrected chi connectivity index (χ1v) is 17.3. The zero-order valence-corrected chi connectivity index (χ0v) is 27.3. The molecule has 0 amide bonds. The van der Waals surface area contributed by atoms with Crippen LogP contribution in [-0.4, -0.2) is 81.4 Å². The summed E-state index contributed by atoms with van der Waals surface area (Å²) in [5.41, 5.74) is 2.35. The summed E-state index contributed by atoms with van der Waals surface area (Å²) in [7, 11) is 2.50. The Balaban J connectivity index is 1.49. The number of aliphatic hydroxyl groups excluding tert-OH is 1. The van der Waals surface area contributed by atoms with Gasteiger partial charge in [-0.05, 0) is 34.1 Å². The van der Waals surface area contributed by atoms with Crippen LogP contribution < -0.4 is 15.7 Å². The van der Waals surface area contributed by atoms with Crippen molar-refractivity contribution in [2.45, 2.75) is 69.4 Å². The molecule has 0 radical (unpaired) electrons. The normalized spacial score (nSPS) is 24.4. The van der Waals surface area contributed by atoms with E-state index in [1.54, 1.807) is 14.2 Å². The SMILES string of the molecule is COC(OC)c1nc2c(cc1CN1CCN(C)CC1O)C1(O[Si](c3ccccc3)(c3ccccc3)C(C)(C)C)CC(C1)N2. The number of methoxy groups -OCH3 is 2. The van der Waals surface area contributed by atoms with Crippen molar-refractivity contribution in [1.82, 2.24) is 14.8 Å². The Hall–Kier alpha value is -2.63. The monoisotopic (exact) mass is 602 g/mol. The number of aliphatic hydroxyl groups is 1. The smallest absolute Gasteiger partial charge is 0.262 e. The highest BCUT2D eigenvalue weighted by Gasteiger charge is 2.61. The second kappa shape index (κ2) is 11.7. The molecule has 3 aromatic rings.